The van der Waals surface area contributed by atoms with Crippen LogP contribution in [0.25, 0.3) is 11.1 Å². The number of benzene rings is 3. The largest absolute Gasteiger partial charge is 0.460 e. The number of ether oxygens (including phenoxy) is 2. The summed E-state index contributed by atoms with van der Waals surface area (Å²) in [7, 11) is 0. The molecule has 220 valence electrons. The zero-order valence-corrected chi connectivity index (χ0v) is 23.8. The number of rotatable bonds is 14. The van der Waals surface area contributed by atoms with E-state index < -0.39 is 29.9 Å². The molecule has 0 bridgehead atoms. The van der Waals surface area contributed by atoms with Gasteiger partial charge in [0.15, 0.2) is 0 Å². The van der Waals surface area contributed by atoms with Crippen LogP contribution in [-0.2, 0) is 30.5 Å². The van der Waals surface area contributed by atoms with E-state index in [1.54, 1.807) is 0 Å². The molecule has 3 aromatic rings. The molecule has 0 aromatic heterocycles. The first-order valence-corrected chi connectivity index (χ1v) is 14.3. The second kappa shape index (κ2) is 15.4. The Hall–Kier alpha value is -4.66. The van der Waals surface area contributed by atoms with Crippen molar-refractivity contribution in [2.75, 3.05) is 19.7 Å². The van der Waals surface area contributed by atoms with Crippen LogP contribution in [0.4, 0.5) is 4.79 Å². The molecule has 0 radical (unpaired) electrons. The Balaban J connectivity index is 1.24. The number of hydrogen-bond acceptors (Lipinski definition) is 6. The number of esters is 1. The van der Waals surface area contributed by atoms with Crippen molar-refractivity contribution in [1.82, 2.24) is 16.0 Å². The van der Waals surface area contributed by atoms with Crippen LogP contribution in [0.15, 0.2) is 78.9 Å². The van der Waals surface area contributed by atoms with Crippen LogP contribution in [0.2, 0.25) is 0 Å². The highest BCUT2D eigenvalue weighted by Gasteiger charge is 2.29. The molecule has 1 aliphatic rings. The zero-order chi connectivity index (χ0) is 29.7. The molecule has 42 heavy (non-hydrogen) atoms. The third-order valence-corrected chi connectivity index (χ3v) is 7.14. The fourth-order valence-electron chi connectivity index (χ4n) is 4.96. The predicted molar refractivity (Wildman–Crippen MR) is 158 cm³/mol. The minimum Gasteiger partial charge on any atom is -0.460 e. The van der Waals surface area contributed by atoms with E-state index in [0.29, 0.717) is 6.42 Å². The average Bonchev–Trinajstić information content (AvgIpc) is 3.34. The summed E-state index contributed by atoms with van der Waals surface area (Å²) in [5.74, 6) is -1.73. The number of unbranched alkanes of at least 4 members (excludes halogenated alkanes) is 2. The van der Waals surface area contributed by atoms with Gasteiger partial charge in [0.1, 0.15) is 25.8 Å². The highest BCUT2D eigenvalue weighted by atomic mass is 16.5. The summed E-state index contributed by atoms with van der Waals surface area (Å²) in [4.78, 5) is 49.9. The van der Waals surface area contributed by atoms with Crippen molar-refractivity contribution < 1.29 is 28.7 Å². The molecule has 0 saturated carbocycles. The second-order valence-corrected chi connectivity index (χ2v) is 10.2. The van der Waals surface area contributed by atoms with E-state index in [1.807, 2.05) is 73.7 Å². The van der Waals surface area contributed by atoms with Gasteiger partial charge in [-0.2, -0.15) is 0 Å². The zero-order valence-electron chi connectivity index (χ0n) is 23.8. The molecular weight excluding hydrogens is 534 g/mol. The van der Waals surface area contributed by atoms with E-state index in [4.69, 9.17) is 9.47 Å². The maximum Gasteiger partial charge on any atom is 0.407 e. The first-order valence-electron chi connectivity index (χ1n) is 14.3. The van der Waals surface area contributed by atoms with Crippen LogP contribution in [0.3, 0.4) is 0 Å². The number of alkyl carbamates (subject to hydrolysis) is 1. The van der Waals surface area contributed by atoms with Crippen molar-refractivity contribution in [1.29, 1.82) is 0 Å². The molecule has 3 N–H and O–H groups in total. The third kappa shape index (κ3) is 8.42. The van der Waals surface area contributed by atoms with E-state index in [-0.39, 0.29) is 32.2 Å². The van der Waals surface area contributed by atoms with Crippen molar-refractivity contribution >= 4 is 23.9 Å². The average molecular weight is 572 g/mol. The van der Waals surface area contributed by atoms with Gasteiger partial charge in [0.25, 0.3) is 0 Å². The number of carbonyl (C=O) groups excluding carboxylic acids is 4. The molecule has 0 spiro atoms. The van der Waals surface area contributed by atoms with Gasteiger partial charge in [0, 0.05) is 5.92 Å². The second-order valence-electron chi connectivity index (χ2n) is 10.2. The number of hydrogen-bond donors (Lipinski definition) is 3. The Morgan fingerprint density at radius 1 is 0.762 bits per heavy atom. The molecule has 9 heteroatoms. The van der Waals surface area contributed by atoms with Crippen LogP contribution in [-0.4, -0.2) is 49.6 Å². The first-order chi connectivity index (χ1) is 20.5. The molecule has 0 fully saturated rings. The summed E-state index contributed by atoms with van der Waals surface area (Å²) in [6.07, 6.45) is 2.26. The number of carbonyl (C=O) groups is 4. The van der Waals surface area contributed by atoms with Crippen LogP contribution in [0.1, 0.15) is 55.2 Å². The monoisotopic (exact) mass is 571 g/mol. The Morgan fingerprint density at radius 3 is 2.07 bits per heavy atom. The van der Waals surface area contributed by atoms with E-state index in [2.05, 4.69) is 28.1 Å². The summed E-state index contributed by atoms with van der Waals surface area (Å²) in [5.41, 5.74) is 5.28. The molecule has 3 aromatic carbocycles. The SMILES string of the molecule is CCCCC[C@@H](NC(=O)OCC1c2ccccc2-c2ccccc21)C(=O)NCC(=O)NCC(=O)OCc1ccccc1. The number of fused-ring (bicyclic) bond motifs is 3. The Bertz CT molecular complexity index is 1330. The van der Waals surface area contributed by atoms with Gasteiger partial charge in [0.2, 0.25) is 11.8 Å². The van der Waals surface area contributed by atoms with E-state index >= 15 is 0 Å². The predicted octanol–water partition coefficient (Wildman–Crippen LogP) is 4.45. The summed E-state index contributed by atoms with van der Waals surface area (Å²) < 4.78 is 10.7. The van der Waals surface area contributed by atoms with Gasteiger partial charge in [-0.15, -0.1) is 0 Å². The lowest BCUT2D eigenvalue weighted by atomic mass is 9.98. The van der Waals surface area contributed by atoms with Crippen molar-refractivity contribution in [2.45, 2.75) is 51.2 Å². The summed E-state index contributed by atoms with van der Waals surface area (Å²) >= 11 is 0. The van der Waals surface area contributed by atoms with Crippen molar-refractivity contribution in [3.63, 3.8) is 0 Å². The lowest BCUT2D eigenvalue weighted by Crippen LogP contribution is -2.49. The van der Waals surface area contributed by atoms with Crippen molar-refractivity contribution in [3.8, 4) is 11.1 Å². The Labute approximate surface area is 246 Å². The lowest BCUT2D eigenvalue weighted by molar-refractivity contribution is -0.145. The van der Waals surface area contributed by atoms with Crippen LogP contribution >= 0.6 is 0 Å². The van der Waals surface area contributed by atoms with Crippen LogP contribution in [0.5, 0.6) is 0 Å². The van der Waals surface area contributed by atoms with E-state index in [1.165, 1.54) is 0 Å². The van der Waals surface area contributed by atoms with Gasteiger partial charge in [-0.3, -0.25) is 14.4 Å². The standard InChI is InChI=1S/C33H37N3O6/c1-2-3-5-18-29(32(39)35-19-30(37)34-20-31(38)41-21-23-12-6-4-7-13-23)36-33(40)42-22-28-26-16-10-8-14-24(26)25-15-9-11-17-27(25)28/h4,6-17,28-29H,2-3,5,18-22H2,1H3,(H,34,37)(H,35,39)(H,36,40)/t29-/m1/s1. The highest BCUT2D eigenvalue weighted by Crippen LogP contribution is 2.44. The third-order valence-electron chi connectivity index (χ3n) is 7.14. The Kier molecular flexibility index (Phi) is 11.1. The molecule has 0 saturated heterocycles. The fourth-order valence-corrected chi connectivity index (χ4v) is 4.96. The van der Waals surface area contributed by atoms with Gasteiger partial charge in [-0.25, -0.2) is 4.79 Å². The molecular formula is C33H37N3O6. The molecule has 1 atom stereocenters. The van der Waals surface area contributed by atoms with Crippen molar-refractivity contribution in [2.24, 2.45) is 0 Å². The quantitative estimate of drug-likeness (QED) is 0.194. The molecule has 0 heterocycles. The highest BCUT2D eigenvalue weighted by molar-refractivity contribution is 5.90. The van der Waals surface area contributed by atoms with Crippen LogP contribution in [0, 0.1) is 0 Å². The van der Waals surface area contributed by atoms with Gasteiger partial charge in [0.05, 0.1) is 6.54 Å². The normalized spacial score (nSPS) is 12.4. The minimum atomic E-state index is -0.865. The summed E-state index contributed by atoms with van der Waals surface area (Å²) in [5, 5.41) is 7.65. The molecule has 0 aliphatic heterocycles. The molecule has 9 nitrogen and oxygen atoms in total. The summed E-state index contributed by atoms with van der Waals surface area (Å²) in [6, 6.07) is 24.4. The minimum absolute atomic E-state index is 0.0985. The van der Waals surface area contributed by atoms with Crippen molar-refractivity contribution in [3.05, 3.63) is 95.6 Å². The summed E-state index contributed by atoms with van der Waals surface area (Å²) in [6.45, 7) is 1.61. The lowest BCUT2D eigenvalue weighted by Gasteiger charge is -2.20. The van der Waals surface area contributed by atoms with Gasteiger partial charge < -0.3 is 25.4 Å². The molecule has 1 aliphatic carbocycles. The molecule has 4 rings (SSSR count). The first kappa shape index (κ1) is 30.3. The van der Waals surface area contributed by atoms with Gasteiger partial charge in [-0.1, -0.05) is 105 Å². The topological polar surface area (TPSA) is 123 Å². The molecule has 3 amide bonds. The van der Waals surface area contributed by atoms with Gasteiger partial charge in [-0.05, 0) is 34.2 Å². The smallest absolute Gasteiger partial charge is 0.407 e. The number of amides is 3. The van der Waals surface area contributed by atoms with Gasteiger partial charge >= 0.3 is 12.1 Å². The maximum absolute atomic E-state index is 12.9. The number of nitrogens with one attached hydrogen (secondary N) is 3. The van der Waals surface area contributed by atoms with E-state index in [9.17, 15) is 19.2 Å². The maximum atomic E-state index is 12.9. The Morgan fingerprint density at radius 2 is 1.40 bits per heavy atom. The molecule has 0 unspecified atom stereocenters. The fraction of sp³-hybridized carbons (Fsp3) is 0.333. The van der Waals surface area contributed by atoms with E-state index in [0.717, 1.165) is 47.1 Å². The van der Waals surface area contributed by atoms with Crippen LogP contribution < -0.4 is 16.0 Å².